The van der Waals surface area contributed by atoms with E-state index in [1.807, 2.05) is 24.3 Å². The first-order valence-corrected chi connectivity index (χ1v) is 19.7. The van der Waals surface area contributed by atoms with Crippen LogP contribution in [0.2, 0.25) is 0 Å². The average molecular weight is 708 g/mol. The number of Topliss-reactive ketones (excluding diaryl/α,β-unsaturated/α-hetero) is 1. The van der Waals surface area contributed by atoms with Gasteiger partial charge in [0.25, 0.3) is 0 Å². The quantitative estimate of drug-likeness (QED) is 0.260. The zero-order valence-corrected chi connectivity index (χ0v) is 30.9. The number of nitrogens with one attached hydrogen (secondary N) is 1. The van der Waals surface area contributed by atoms with Crippen molar-refractivity contribution in [3.8, 4) is 5.75 Å². The van der Waals surface area contributed by atoms with Gasteiger partial charge in [-0.1, -0.05) is 51.5 Å². The standard InChI is InChI=1S/C41H57NO9/c1-22-12-17-41(47-20-22)23(2)33-31(51-41)19-30-28-11-8-25-18-27(13-15-39(25,3)29(28)14-16-40(30,33)4)48-38-35(43)34(42-44)36-32(49-38)21-46-37(50-36)24-6-9-26(45-5)10-7-24/h6-10,22-23,27-34,36-38,42,44H,11-21H2,1-5H3. The van der Waals surface area contributed by atoms with Crippen LogP contribution in [0.15, 0.2) is 35.9 Å². The molecule has 3 saturated carbocycles. The Morgan fingerprint density at radius 1 is 0.961 bits per heavy atom. The third kappa shape index (κ3) is 5.44. The first-order valence-electron chi connectivity index (χ1n) is 19.7. The first-order chi connectivity index (χ1) is 24.6. The summed E-state index contributed by atoms with van der Waals surface area (Å²) in [6, 6.07) is 6.41. The summed E-state index contributed by atoms with van der Waals surface area (Å²) < 4.78 is 43.7. The molecule has 10 heteroatoms. The topological polar surface area (TPSA) is 114 Å². The van der Waals surface area contributed by atoms with Gasteiger partial charge in [0.05, 0.1) is 32.5 Å². The Labute approximate surface area is 302 Å². The van der Waals surface area contributed by atoms with E-state index in [0.29, 0.717) is 41.6 Å². The monoisotopic (exact) mass is 707 g/mol. The van der Waals surface area contributed by atoms with Gasteiger partial charge >= 0.3 is 0 Å². The Morgan fingerprint density at radius 3 is 2.53 bits per heavy atom. The first kappa shape index (κ1) is 34.9. The molecule has 7 fully saturated rings. The zero-order chi connectivity index (χ0) is 35.3. The Kier molecular flexibility index (Phi) is 8.79. The van der Waals surface area contributed by atoms with Crippen LogP contribution >= 0.6 is 0 Å². The maximum Gasteiger partial charge on any atom is 0.220 e. The minimum absolute atomic E-state index is 0.133. The molecule has 4 aliphatic carbocycles. The predicted molar refractivity (Wildman–Crippen MR) is 186 cm³/mol. The molecule has 4 aliphatic heterocycles. The van der Waals surface area contributed by atoms with Crippen LogP contribution in [0.25, 0.3) is 0 Å². The van der Waals surface area contributed by atoms with Crippen LogP contribution < -0.4 is 10.2 Å². The van der Waals surface area contributed by atoms with Crippen molar-refractivity contribution < 1.29 is 43.2 Å². The van der Waals surface area contributed by atoms with Gasteiger partial charge in [0, 0.05) is 17.9 Å². The van der Waals surface area contributed by atoms with E-state index in [0.717, 1.165) is 56.4 Å². The van der Waals surface area contributed by atoms with Gasteiger partial charge < -0.3 is 38.4 Å². The largest absolute Gasteiger partial charge is 0.497 e. The number of benzene rings is 1. The molecule has 1 aromatic carbocycles. The molecule has 280 valence electrons. The number of hydroxylamine groups is 1. The molecule has 9 rings (SSSR count). The molecule has 0 bridgehead atoms. The van der Waals surface area contributed by atoms with Crippen molar-refractivity contribution in [2.24, 2.45) is 46.3 Å². The maximum absolute atomic E-state index is 13.7. The number of rotatable bonds is 5. The van der Waals surface area contributed by atoms with Gasteiger partial charge in [-0.2, -0.15) is 5.48 Å². The third-order valence-corrected chi connectivity index (χ3v) is 15.4. The molecule has 4 heterocycles. The number of fused-ring (bicyclic) bond motifs is 8. The molecule has 16 unspecified atom stereocenters. The van der Waals surface area contributed by atoms with Crippen molar-refractivity contribution in [3.63, 3.8) is 0 Å². The molecule has 8 aliphatic rings. The molecule has 0 amide bonds. The zero-order valence-electron chi connectivity index (χ0n) is 30.9. The fourth-order valence-electron chi connectivity index (χ4n) is 12.6. The number of ether oxygens (including phenoxy) is 7. The minimum Gasteiger partial charge on any atom is -0.497 e. The van der Waals surface area contributed by atoms with E-state index in [4.69, 9.17) is 33.2 Å². The van der Waals surface area contributed by atoms with E-state index in [-0.39, 0.29) is 35.1 Å². The summed E-state index contributed by atoms with van der Waals surface area (Å²) in [5, 5.41) is 10.1. The number of allylic oxidation sites excluding steroid dienone is 1. The average Bonchev–Trinajstić information content (AvgIpc) is 3.59. The van der Waals surface area contributed by atoms with Gasteiger partial charge in [-0.05, 0) is 104 Å². The van der Waals surface area contributed by atoms with Gasteiger partial charge in [0.2, 0.25) is 12.1 Å². The van der Waals surface area contributed by atoms with E-state index in [9.17, 15) is 10.0 Å². The number of methoxy groups -OCH3 is 1. The highest BCUT2D eigenvalue weighted by Gasteiger charge is 2.68. The highest BCUT2D eigenvalue weighted by Crippen LogP contribution is 2.70. The van der Waals surface area contributed by atoms with Crippen LogP contribution in [-0.4, -0.2) is 73.8 Å². The van der Waals surface area contributed by atoms with E-state index < -0.39 is 30.8 Å². The molecular weight excluding hydrogens is 650 g/mol. The molecule has 16 atom stereocenters. The summed E-state index contributed by atoms with van der Waals surface area (Å²) in [6.07, 6.45) is 9.36. The van der Waals surface area contributed by atoms with Crippen LogP contribution in [0.4, 0.5) is 0 Å². The molecule has 0 aromatic heterocycles. The minimum atomic E-state index is -1.10. The highest BCUT2D eigenvalue weighted by atomic mass is 16.7. The van der Waals surface area contributed by atoms with E-state index in [1.165, 1.54) is 24.8 Å². The van der Waals surface area contributed by atoms with Crippen LogP contribution in [0.5, 0.6) is 5.75 Å². The van der Waals surface area contributed by atoms with Crippen LogP contribution in [0.3, 0.4) is 0 Å². The van der Waals surface area contributed by atoms with Gasteiger partial charge in [-0.15, -0.1) is 0 Å². The van der Waals surface area contributed by atoms with Crippen LogP contribution in [0, 0.1) is 46.3 Å². The Morgan fingerprint density at radius 2 is 1.78 bits per heavy atom. The molecule has 51 heavy (non-hydrogen) atoms. The van der Waals surface area contributed by atoms with E-state index >= 15 is 0 Å². The highest BCUT2D eigenvalue weighted by molar-refractivity contribution is 5.88. The van der Waals surface area contributed by atoms with Crippen molar-refractivity contribution in [2.45, 2.75) is 134 Å². The van der Waals surface area contributed by atoms with Gasteiger partial charge in [0.15, 0.2) is 12.1 Å². The summed E-state index contributed by atoms with van der Waals surface area (Å²) in [5.74, 6) is 3.61. The smallest absolute Gasteiger partial charge is 0.220 e. The Hall–Kier alpha value is -1.89. The molecule has 4 saturated heterocycles. The van der Waals surface area contributed by atoms with Crippen molar-refractivity contribution in [1.82, 2.24) is 5.48 Å². The summed E-state index contributed by atoms with van der Waals surface area (Å²) in [5.41, 5.74) is 4.92. The van der Waals surface area contributed by atoms with Crippen LogP contribution in [-0.2, 0) is 33.2 Å². The summed E-state index contributed by atoms with van der Waals surface area (Å²) in [6.45, 7) is 10.8. The second-order valence-corrected chi connectivity index (χ2v) is 17.8. The van der Waals surface area contributed by atoms with Crippen molar-refractivity contribution in [1.29, 1.82) is 0 Å². The lowest BCUT2D eigenvalue weighted by atomic mass is 9.47. The number of carbonyl (C=O) groups is 1. The number of ketones is 1. The van der Waals surface area contributed by atoms with Gasteiger partial charge in [-0.25, -0.2) is 0 Å². The molecule has 1 aromatic rings. The Balaban J connectivity index is 0.855. The normalized spacial score (nSPS) is 50.4. The van der Waals surface area contributed by atoms with E-state index in [1.54, 1.807) is 7.11 Å². The summed E-state index contributed by atoms with van der Waals surface area (Å²) >= 11 is 0. The number of hydrogen-bond donors (Lipinski definition) is 2. The van der Waals surface area contributed by atoms with Crippen molar-refractivity contribution in [2.75, 3.05) is 20.3 Å². The second kappa shape index (κ2) is 12.9. The van der Waals surface area contributed by atoms with Crippen LogP contribution in [0.1, 0.15) is 97.3 Å². The van der Waals surface area contributed by atoms with Crippen molar-refractivity contribution in [3.05, 3.63) is 41.5 Å². The molecule has 1 spiro atoms. The lowest BCUT2D eigenvalue weighted by Gasteiger charge is -2.58. The molecule has 10 nitrogen and oxygen atoms in total. The second-order valence-electron chi connectivity index (χ2n) is 17.8. The lowest BCUT2D eigenvalue weighted by molar-refractivity contribution is -0.316. The third-order valence-electron chi connectivity index (χ3n) is 15.4. The molecule has 2 N–H and O–H groups in total. The lowest BCUT2D eigenvalue weighted by Crippen LogP contribution is -2.64. The predicted octanol–water partition coefficient (Wildman–Crippen LogP) is 6.50. The fourth-order valence-corrected chi connectivity index (χ4v) is 12.6. The number of carbonyl (C=O) groups excluding carboxylic acids is 1. The molecule has 0 radical (unpaired) electrons. The summed E-state index contributed by atoms with van der Waals surface area (Å²) in [7, 11) is 1.61. The van der Waals surface area contributed by atoms with Gasteiger partial charge in [-0.3, -0.25) is 4.79 Å². The fraction of sp³-hybridized carbons (Fsp3) is 0.780. The number of hydrogen-bond acceptors (Lipinski definition) is 10. The summed E-state index contributed by atoms with van der Waals surface area (Å²) in [4.78, 5) is 13.7. The Bertz CT molecular complexity index is 1510. The molecular formula is C41H57NO9. The van der Waals surface area contributed by atoms with Crippen molar-refractivity contribution >= 4 is 5.78 Å². The SMILES string of the molecule is COc1ccc(C2OCC3OC(OC4CCC5(C)C(=CCC6C5CCC5(C)C6CC6OC7(CCC(C)CO7)C(C)C65)C4)C(=O)C(NO)C3O2)cc1. The van der Waals surface area contributed by atoms with E-state index in [2.05, 4.69) is 39.3 Å². The van der Waals surface area contributed by atoms with Gasteiger partial charge in [0.1, 0.15) is 24.0 Å². The maximum atomic E-state index is 13.7.